The topological polar surface area (TPSA) is 43.4 Å². The minimum absolute atomic E-state index is 0.0504. The average Bonchev–Trinajstić information content (AvgIpc) is 2.25. The first-order chi connectivity index (χ1) is 9.13. The van der Waals surface area contributed by atoms with Crippen LogP contribution in [0.1, 0.15) is 54.4 Å². The third-order valence-corrected chi connectivity index (χ3v) is 3.70. The van der Waals surface area contributed by atoms with E-state index in [0.29, 0.717) is 0 Å². The predicted octanol–water partition coefficient (Wildman–Crippen LogP) is 3.84. The molecule has 0 aromatic carbocycles. The van der Waals surface area contributed by atoms with E-state index in [1.807, 2.05) is 19.9 Å². The van der Waals surface area contributed by atoms with Gasteiger partial charge in [0, 0.05) is 6.42 Å². The number of carbonyl (C=O) groups excluding carboxylic acids is 2. The highest BCUT2D eigenvalue weighted by Gasteiger charge is 2.34. The Morgan fingerprint density at radius 2 is 1.95 bits per heavy atom. The molecule has 1 aliphatic rings. The Morgan fingerprint density at radius 1 is 1.35 bits per heavy atom. The van der Waals surface area contributed by atoms with E-state index < -0.39 is 0 Å². The maximum atomic E-state index is 11.7. The first kappa shape index (κ1) is 16.7. The number of rotatable bonds is 4. The van der Waals surface area contributed by atoms with E-state index in [0.717, 1.165) is 12.8 Å². The van der Waals surface area contributed by atoms with Crippen molar-refractivity contribution < 1.29 is 14.3 Å². The molecule has 1 rings (SSSR count). The van der Waals surface area contributed by atoms with Gasteiger partial charge in [0.05, 0.1) is 5.92 Å². The predicted molar refractivity (Wildman–Crippen MR) is 80.3 cm³/mol. The molecule has 0 fully saturated rings. The molecule has 0 aromatic rings. The van der Waals surface area contributed by atoms with Crippen LogP contribution in [-0.4, -0.2) is 17.9 Å². The zero-order chi connectivity index (χ0) is 15.5. The third kappa shape index (κ3) is 4.32. The van der Waals surface area contributed by atoms with Gasteiger partial charge in [-0.3, -0.25) is 9.59 Å². The standard InChI is InChI=1S/C17H26O3/c1-11(2)16(19)20-14-9-12(3)15(8-7-13(4)18)17(5,6)10-14/h7-8,11,14H,9-10H2,1-6H3/b8-7+. The van der Waals surface area contributed by atoms with Crippen molar-refractivity contribution in [2.75, 3.05) is 0 Å². The van der Waals surface area contributed by atoms with Gasteiger partial charge in [0.15, 0.2) is 5.78 Å². The van der Waals surface area contributed by atoms with E-state index in [2.05, 4.69) is 20.8 Å². The molecule has 3 heteroatoms. The SMILES string of the molecule is CC(=O)/C=C/C1=C(C)CC(OC(=O)C(C)C)CC1(C)C. The molecular weight excluding hydrogens is 252 g/mol. The number of carbonyl (C=O) groups is 2. The van der Waals surface area contributed by atoms with Gasteiger partial charge in [0.25, 0.3) is 0 Å². The fourth-order valence-electron chi connectivity index (χ4n) is 2.73. The summed E-state index contributed by atoms with van der Waals surface area (Å²) in [5, 5.41) is 0. The van der Waals surface area contributed by atoms with Crippen molar-refractivity contribution in [3.05, 3.63) is 23.3 Å². The molecule has 112 valence electrons. The second-order valence-electron chi connectivity index (χ2n) is 6.64. The largest absolute Gasteiger partial charge is 0.462 e. The lowest BCUT2D eigenvalue weighted by atomic mass is 9.71. The Kier molecular flexibility index (Phi) is 5.32. The first-order valence-corrected chi connectivity index (χ1v) is 7.23. The average molecular weight is 278 g/mol. The molecule has 0 spiro atoms. The summed E-state index contributed by atoms with van der Waals surface area (Å²) in [6.07, 6.45) is 5.01. The van der Waals surface area contributed by atoms with Gasteiger partial charge in [-0.2, -0.15) is 0 Å². The summed E-state index contributed by atoms with van der Waals surface area (Å²) in [4.78, 5) is 22.8. The smallest absolute Gasteiger partial charge is 0.308 e. The number of hydrogen-bond acceptors (Lipinski definition) is 3. The monoisotopic (exact) mass is 278 g/mol. The van der Waals surface area contributed by atoms with Gasteiger partial charge >= 0.3 is 5.97 Å². The van der Waals surface area contributed by atoms with E-state index >= 15 is 0 Å². The van der Waals surface area contributed by atoms with Gasteiger partial charge in [-0.25, -0.2) is 0 Å². The van der Waals surface area contributed by atoms with Crippen molar-refractivity contribution in [3.63, 3.8) is 0 Å². The van der Waals surface area contributed by atoms with Crippen molar-refractivity contribution in [2.24, 2.45) is 11.3 Å². The van der Waals surface area contributed by atoms with E-state index in [9.17, 15) is 9.59 Å². The maximum Gasteiger partial charge on any atom is 0.308 e. The molecule has 0 N–H and O–H groups in total. The van der Waals surface area contributed by atoms with Crippen LogP contribution >= 0.6 is 0 Å². The van der Waals surface area contributed by atoms with Crippen LogP contribution in [0, 0.1) is 11.3 Å². The Bertz CT molecular complexity index is 453. The van der Waals surface area contributed by atoms with Crippen LogP contribution in [0.15, 0.2) is 23.3 Å². The highest BCUT2D eigenvalue weighted by Crippen LogP contribution is 2.42. The molecule has 0 bridgehead atoms. The first-order valence-electron chi connectivity index (χ1n) is 7.23. The highest BCUT2D eigenvalue weighted by atomic mass is 16.5. The second kappa shape index (κ2) is 6.38. The van der Waals surface area contributed by atoms with Crippen molar-refractivity contribution in [2.45, 2.75) is 60.5 Å². The fourth-order valence-corrected chi connectivity index (χ4v) is 2.73. The van der Waals surface area contributed by atoms with Gasteiger partial charge in [-0.05, 0) is 37.3 Å². The van der Waals surface area contributed by atoms with Crippen molar-refractivity contribution in [3.8, 4) is 0 Å². The molecule has 0 aromatic heterocycles. The number of ether oxygens (including phenoxy) is 1. The Balaban J connectivity index is 2.90. The molecule has 0 saturated carbocycles. The van der Waals surface area contributed by atoms with Crippen molar-refractivity contribution in [1.82, 2.24) is 0 Å². The molecule has 3 nitrogen and oxygen atoms in total. The quantitative estimate of drug-likeness (QED) is 0.579. The minimum Gasteiger partial charge on any atom is -0.462 e. The van der Waals surface area contributed by atoms with Crippen LogP contribution in [0.25, 0.3) is 0 Å². The highest BCUT2D eigenvalue weighted by molar-refractivity contribution is 5.87. The Labute approximate surface area is 122 Å². The van der Waals surface area contributed by atoms with E-state index in [-0.39, 0.29) is 29.2 Å². The zero-order valence-electron chi connectivity index (χ0n) is 13.4. The Hall–Kier alpha value is -1.38. The lowest BCUT2D eigenvalue weighted by Gasteiger charge is -2.37. The van der Waals surface area contributed by atoms with Crippen LogP contribution < -0.4 is 0 Å². The lowest BCUT2D eigenvalue weighted by Crippen LogP contribution is -2.32. The lowest BCUT2D eigenvalue weighted by molar-refractivity contribution is -0.154. The normalized spacial score (nSPS) is 22.4. The summed E-state index contributed by atoms with van der Waals surface area (Å²) >= 11 is 0. The summed E-state index contributed by atoms with van der Waals surface area (Å²) in [5.74, 6) is -0.183. The zero-order valence-corrected chi connectivity index (χ0v) is 13.4. The second-order valence-corrected chi connectivity index (χ2v) is 6.64. The molecule has 1 aliphatic carbocycles. The van der Waals surface area contributed by atoms with E-state index in [4.69, 9.17) is 4.74 Å². The summed E-state index contributed by atoms with van der Waals surface area (Å²) in [7, 11) is 0. The summed E-state index contributed by atoms with van der Waals surface area (Å²) in [6.45, 7) is 11.6. The summed E-state index contributed by atoms with van der Waals surface area (Å²) in [5.41, 5.74) is 2.29. The van der Waals surface area contributed by atoms with Gasteiger partial charge in [-0.15, -0.1) is 0 Å². The molecule has 1 unspecified atom stereocenters. The molecular formula is C17H26O3. The van der Waals surface area contributed by atoms with Gasteiger partial charge < -0.3 is 4.74 Å². The van der Waals surface area contributed by atoms with E-state index in [1.54, 1.807) is 13.0 Å². The van der Waals surface area contributed by atoms with Crippen LogP contribution in [0.3, 0.4) is 0 Å². The molecule has 0 heterocycles. The molecule has 0 aliphatic heterocycles. The number of ketones is 1. The van der Waals surface area contributed by atoms with Gasteiger partial charge in [0.1, 0.15) is 6.10 Å². The third-order valence-electron chi connectivity index (χ3n) is 3.70. The van der Waals surface area contributed by atoms with Crippen molar-refractivity contribution >= 4 is 11.8 Å². The number of hydrogen-bond donors (Lipinski definition) is 0. The molecule has 0 radical (unpaired) electrons. The van der Waals surface area contributed by atoms with Crippen LogP contribution in [0.5, 0.6) is 0 Å². The van der Waals surface area contributed by atoms with E-state index in [1.165, 1.54) is 11.1 Å². The number of esters is 1. The molecule has 0 saturated heterocycles. The molecule has 0 amide bonds. The summed E-state index contributed by atoms with van der Waals surface area (Å²) < 4.78 is 5.57. The summed E-state index contributed by atoms with van der Waals surface area (Å²) in [6, 6.07) is 0. The Morgan fingerprint density at radius 3 is 2.40 bits per heavy atom. The minimum atomic E-state index is -0.138. The van der Waals surface area contributed by atoms with Crippen LogP contribution in [0.2, 0.25) is 0 Å². The van der Waals surface area contributed by atoms with Gasteiger partial charge in [-0.1, -0.05) is 39.3 Å². The maximum absolute atomic E-state index is 11.7. The van der Waals surface area contributed by atoms with Crippen molar-refractivity contribution in [1.29, 1.82) is 0 Å². The van der Waals surface area contributed by atoms with Crippen LogP contribution in [-0.2, 0) is 14.3 Å². The van der Waals surface area contributed by atoms with Crippen LogP contribution in [0.4, 0.5) is 0 Å². The molecule has 20 heavy (non-hydrogen) atoms. The fraction of sp³-hybridized carbons (Fsp3) is 0.647. The van der Waals surface area contributed by atoms with Gasteiger partial charge in [0.2, 0.25) is 0 Å². The number of allylic oxidation sites excluding steroid dienone is 3. The molecule has 1 atom stereocenters.